The molecule has 10 heteroatoms. The van der Waals surface area contributed by atoms with Gasteiger partial charge in [0.05, 0.1) is 41.5 Å². The molecule has 1 aliphatic heterocycles. The fourth-order valence-corrected chi connectivity index (χ4v) is 4.71. The van der Waals surface area contributed by atoms with Gasteiger partial charge in [-0.25, -0.2) is 0 Å². The molecular weight excluding hydrogens is 475 g/mol. The van der Waals surface area contributed by atoms with Crippen molar-refractivity contribution < 1.29 is 32.6 Å². The van der Waals surface area contributed by atoms with Gasteiger partial charge in [-0.15, -0.1) is 0 Å². The van der Waals surface area contributed by atoms with Crippen LogP contribution in [0.25, 0.3) is 33.0 Å². The van der Waals surface area contributed by atoms with Gasteiger partial charge in [0, 0.05) is 46.4 Å². The number of H-pyrrole nitrogens is 1. The number of halogens is 3. The highest BCUT2D eigenvalue weighted by molar-refractivity contribution is 6.50. The van der Waals surface area contributed by atoms with E-state index in [1.807, 2.05) is 12.1 Å². The molecule has 0 bridgehead atoms. The molecular formula is C26H22F3N3O4. The minimum absolute atomic E-state index is 0.0212. The summed E-state index contributed by atoms with van der Waals surface area (Å²) in [6.07, 6.45) is -2.78. The highest BCUT2D eigenvalue weighted by atomic mass is 19.4. The zero-order chi connectivity index (χ0) is 25.6. The van der Waals surface area contributed by atoms with Gasteiger partial charge < -0.3 is 19.4 Å². The maximum absolute atomic E-state index is 14.0. The second-order valence-electron chi connectivity index (χ2n) is 8.49. The molecule has 2 aromatic heterocycles. The zero-order valence-corrected chi connectivity index (χ0v) is 19.1. The van der Waals surface area contributed by atoms with Crippen LogP contribution in [0.3, 0.4) is 0 Å². The summed E-state index contributed by atoms with van der Waals surface area (Å²) in [5.41, 5.74) is 0.335. The summed E-state index contributed by atoms with van der Waals surface area (Å²) in [7, 11) is 0. The number of amides is 2. The Balaban J connectivity index is 1.77. The van der Waals surface area contributed by atoms with E-state index in [2.05, 4.69) is 10.3 Å². The molecule has 7 nitrogen and oxygen atoms in total. The summed E-state index contributed by atoms with van der Waals surface area (Å²) in [6, 6.07) is 10.9. The van der Waals surface area contributed by atoms with Crippen LogP contribution in [0.4, 0.5) is 13.2 Å². The van der Waals surface area contributed by atoms with Crippen molar-refractivity contribution in [3.63, 3.8) is 0 Å². The number of aliphatic hydroxyl groups is 1. The first-order chi connectivity index (χ1) is 17.2. The predicted octanol–water partition coefficient (Wildman–Crippen LogP) is 4.11. The average Bonchev–Trinajstić information content (AvgIpc) is 3.50. The maximum atomic E-state index is 14.0. The summed E-state index contributed by atoms with van der Waals surface area (Å²) >= 11 is 0. The molecule has 2 amide bonds. The van der Waals surface area contributed by atoms with Crippen LogP contribution in [0.15, 0.2) is 54.9 Å². The summed E-state index contributed by atoms with van der Waals surface area (Å²) in [5.74, 6) is -1.34. The molecule has 0 saturated heterocycles. The van der Waals surface area contributed by atoms with Crippen molar-refractivity contribution in [2.24, 2.45) is 0 Å². The summed E-state index contributed by atoms with van der Waals surface area (Å²) in [4.78, 5) is 29.0. The van der Waals surface area contributed by atoms with Crippen molar-refractivity contribution in [3.05, 3.63) is 71.5 Å². The molecule has 36 heavy (non-hydrogen) atoms. The first kappa shape index (κ1) is 23.8. The van der Waals surface area contributed by atoms with E-state index in [-0.39, 0.29) is 40.8 Å². The van der Waals surface area contributed by atoms with Crippen LogP contribution in [0.1, 0.15) is 23.6 Å². The third-order valence-corrected chi connectivity index (χ3v) is 6.18. The standard InChI is InChI=1S/C26H22F3N3O4/c1-2-36-13-14(33)11-32-12-18(16-7-5-8-19(23(16)32)26(27,28)29)22-21(24(34)31-25(22)35)17-10-30-20-9-4-3-6-15(17)20/h3-10,12,14,30,33H,2,11,13H2,1H3,(H,31,34,35). The molecule has 0 saturated carbocycles. The molecule has 1 atom stereocenters. The van der Waals surface area contributed by atoms with Crippen molar-refractivity contribution >= 4 is 44.8 Å². The molecule has 3 N–H and O–H groups in total. The highest BCUT2D eigenvalue weighted by Crippen LogP contribution is 2.42. The molecule has 3 heterocycles. The Kier molecular flexibility index (Phi) is 5.93. The number of hydrogen-bond donors (Lipinski definition) is 3. The molecule has 0 fully saturated rings. The van der Waals surface area contributed by atoms with Crippen molar-refractivity contribution in [3.8, 4) is 0 Å². The van der Waals surface area contributed by atoms with E-state index in [1.54, 1.807) is 25.3 Å². The Morgan fingerprint density at radius 2 is 1.69 bits per heavy atom. The third-order valence-electron chi connectivity index (χ3n) is 6.18. The number of fused-ring (bicyclic) bond motifs is 2. The molecule has 4 aromatic rings. The van der Waals surface area contributed by atoms with Crippen LogP contribution in [0.5, 0.6) is 0 Å². The molecule has 1 aliphatic rings. The van der Waals surface area contributed by atoms with E-state index < -0.39 is 29.7 Å². The number of imide groups is 1. The van der Waals surface area contributed by atoms with Crippen LogP contribution in [0.2, 0.25) is 0 Å². The first-order valence-electron chi connectivity index (χ1n) is 11.3. The van der Waals surface area contributed by atoms with Crippen molar-refractivity contribution in [1.29, 1.82) is 0 Å². The van der Waals surface area contributed by atoms with Crippen LogP contribution in [-0.2, 0) is 27.0 Å². The SMILES string of the molecule is CCOCC(O)Cn1cc(C2=C(c3c[nH]c4ccccc34)C(=O)NC2=O)c2cccc(C(F)(F)F)c21. The minimum Gasteiger partial charge on any atom is -0.389 e. The van der Waals surface area contributed by atoms with Gasteiger partial charge in [0.25, 0.3) is 11.8 Å². The van der Waals surface area contributed by atoms with E-state index in [0.717, 1.165) is 11.6 Å². The second kappa shape index (κ2) is 8.96. The van der Waals surface area contributed by atoms with Gasteiger partial charge in [0.2, 0.25) is 0 Å². The lowest BCUT2D eigenvalue weighted by Gasteiger charge is -2.15. The van der Waals surface area contributed by atoms with Gasteiger partial charge in [-0.3, -0.25) is 14.9 Å². The average molecular weight is 497 g/mol. The number of aliphatic hydroxyl groups excluding tert-OH is 1. The third kappa shape index (κ3) is 3.98. The van der Waals surface area contributed by atoms with Crippen LogP contribution in [-0.4, -0.2) is 45.8 Å². The van der Waals surface area contributed by atoms with E-state index in [1.165, 1.54) is 22.9 Å². The Morgan fingerprint density at radius 1 is 1.00 bits per heavy atom. The second-order valence-corrected chi connectivity index (χ2v) is 8.49. The molecule has 186 valence electrons. The lowest BCUT2D eigenvalue weighted by molar-refractivity contribution is -0.136. The van der Waals surface area contributed by atoms with Crippen LogP contribution >= 0.6 is 0 Å². The highest BCUT2D eigenvalue weighted by Gasteiger charge is 2.38. The molecule has 0 aliphatic carbocycles. The quantitative estimate of drug-likeness (QED) is 0.335. The summed E-state index contributed by atoms with van der Waals surface area (Å²) < 4.78 is 48.4. The number of benzene rings is 2. The summed E-state index contributed by atoms with van der Waals surface area (Å²) in [5, 5.41) is 13.5. The van der Waals surface area contributed by atoms with Gasteiger partial charge >= 0.3 is 6.18 Å². The number of nitrogens with one attached hydrogen (secondary N) is 2. The van der Waals surface area contributed by atoms with Gasteiger partial charge in [0.1, 0.15) is 0 Å². The van der Waals surface area contributed by atoms with E-state index >= 15 is 0 Å². The lowest BCUT2D eigenvalue weighted by Crippen LogP contribution is -2.23. The molecule has 2 aromatic carbocycles. The number of ether oxygens (including phenoxy) is 1. The number of carbonyl (C=O) groups excluding carboxylic acids is 2. The maximum Gasteiger partial charge on any atom is 0.418 e. The van der Waals surface area contributed by atoms with Gasteiger partial charge in [-0.2, -0.15) is 13.2 Å². The predicted molar refractivity (Wildman–Crippen MR) is 128 cm³/mol. The van der Waals surface area contributed by atoms with Crippen molar-refractivity contribution in [2.45, 2.75) is 25.7 Å². The number of aromatic amines is 1. The monoisotopic (exact) mass is 497 g/mol. The molecule has 5 rings (SSSR count). The molecule has 0 spiro atoms. The van der Waals surface area contributed by atoms with Crippen LogP contribution < -0.4 is 5.32 Å². The van der Waals surface area contributed by atoms with Gasteiger partial charge in [-0.1, -0.05) is 30.3 Å². The number of hydrogen-bond acceptors (Lipinski definition) is 4. The van der Waals surface area contributed by atoms with E-state index in [0.29, 0.717) is 17.6 Å². The molecule has 0 radical (unpaired) electrons. The Labute approximate surface area is 203 Å². The summed E-state index contributed by atoms with van der Waals surface area (Å²) in [6.45, 7) is 1.81. The van der Waals surface area contributed by atoms with Crippen molar-refractivity contribution in [1.82, 2.24) is 14.9 Å². The Bertz CT molecular complexity index is 1530. The largest absolute Gasteiger partial charge is 0.418 e. The van der Waals surface area contributed by atoms with E-state index in [9.17, 15) is 27.9 Å². The number of nitrogens with zero attached hydrogens (tertiary/aromatic N) is 1. The fourth-order valence-electron chi connectivity index (χ4n) is 4.71. The minimum atomic E-state index is -4.68. The van der Waals surface area contributed by atoms with Crippen LogP contribution in [0, 0.1) is 0 Å². The van der Waals surface area contributed by atoms with E-state index in [4.69, 9.17) is 4.74 Å². The Morgan fingerprint density at radius 3 is 2.42 bits per heavy atom. The number of para-hydroxylation sites is 2. The lowest BCUT2D eigenvalue weighted by atomic mass is 9.95. The Hall–Kier alpha value is -3.89. The normalized spacial score (nSPS) is 15.4. The number of rotatable bonds is 7. The topological polar surface area (TPSA) is 96.3 Å². The first-order valence-corrected chi connectivity index (χ1v) is 11.3. The number of alkyl halides is 3. The number of aromatic nitrogens is 2. The van der Waals surface area contributed by atoms with Gasteiger partial charge in [0.15, 0.2) is 0 Å². The smallest absolute Gasteiger partial charge is 0.389 e. The zero-order valence-electron chi connectivity index (χ0n) is 19.1. The molecule has 1 unspecified atom stereocenters. The number of carbonyl (C=O) groups is 2. The fraction of sp³-hybridized carbons (Fsp3) is 0.231. The van der Waals surface area contributed by atoms with Gasteiger partial charge in [-0.05, 0) is 19.1 Å². The van der Waals surface area contributed by atoms with Crippen molar-refractivity contribution in [2.75, 3.05) is 13.2 Å².